The van der Waals surface area contributed by atoms with Crippen molar-refractivity contribution in [3.05, 3.63) is 24.9 Å². The van der Waals surface area contributed by atoms with Crippen molar-refractivity contribution in [3.8, 4) is 0 Å². The first kappa shape index (κ1) is 9.54. The van der Waals surface area contributed by atoms with Crippen LogP contribution in [0.3, 0.4) is 0 Å². The van der Waals surface area contributed by atoms with Crippen molar-refractivity contribution >= 4 is 17.8 Å². The monoisotopic (exact) mass is 179 g/mol. The lowest BCUT2D eigenvalue weighted by atomic mass is 10.1. The van der Waals surface area contributed by atoms with Crippen LogP contribution in [0.25, 0.3) is 0 Å². The number of rotatable bonds is 4. The minimum absolute atomic E-state index is 0.106. The van der Waals surface area contributed by atoms with Crippen LogP contribution in [0, 0.1) is 0 Å². The summed E-state index contributed by atoms with van der Waals surface area (Å²) in [7, 11) is 0. The van der Waals surface area contributed by atoms with Crippen LogP contribution < -0.4 is 0 Å². The standard InChI is InChI=1S/C9H9NO3/c1-2-5-13-9-7(6-11)10-4-3-8(9)12/h2-4,6,9H,1,5H2. The van der Waals surface area contributed by atoms with Crippen LogP contribution in [0.15, 0.2) is 29.9 Å². The van der Waals surface area contributed by atoms with Gasteiger partial charge in [-0.25, -0.2) is 0 Å². The van der Waals surface area contributed by atoms with Crippen molar-refractivity contribution < 1.29 is 14.3 Å². The van der Waals surface area contributed by atoms with E-state index < -0.39 is 6.10 Å². The van der Waals surface area contributed by atoms with Crippen LogP contribution in [-0.4, -0.2) is 30.5 Å². The average Bonchev–Trinajstić information content (AvgIpc) is 2.15. The van der Waals surface area contributed by atoms with E-state index in [0.717, 1.165) is 0 Å². The molecule has 4 nitrogen and oxygen atoms in total. The van der Waals surface area contributed by atoms with E-state index >= 15 is 0 Å². The van der Waals surface area contributed by atoms with E-state index in [0.29, 0.717) is 6.29 Å². The first-order valence-corrected chi connectivity index (χ1v) is 3.75. The minimum Gasteiger partial charge on any atom is -0.360 e. The van der Waals surface area contributed by atoms with Crippen LogP contribution in [0.5, 0.6) is 0 Å². The van der Waals surface area contributed by atoms with Gasteiger partial charge in [-0.15, -0.1) is 6.58 Å². The Hall–Kier alpha value is -1.55. The van der Waals surface area contributed by atoms with Crippen LogP contribution in [-0.2, 0) is 14.3 Å². The molecular weight excluding hydrogens is 170 g/mol. The number of carbonyl (C=O) groups is 2. The van der Waals surface area contributed by atoms with E-state index in [1.807, 2.05) is 0 Å². The molecule has 0 aromatic rings. The number of ketones is 1. The molecule has 1 aliphatic heterocycles. The Kier molecular flexibility index (Phi) is 3.28. The molecule has 1 unspecified atom stereocenters. The molecule has 1 rings (SSSR count). The van der Waals surface area contributed by atoms with Gasteiger partial charge in [0, 0.05) is 12.3 Å². The largest absolute Gasteiger partial charge is 0.360 e. The number of hydrogen-bond donors (Lipinski definition) is 0. The van der Waals surface area contributed by atoms with Gasteiger partial charge in [-0.1, -0.05) is 6.08 Å². The number of hydrogen-bond acceptors (Lipinski definition) is 4. The molecule has 1 atom stereocenters. The highest BCUT2D eigenvalue weighted by Crippen LogP contribution is 2.04. The third-order valence-electron chi connectivity index (χ3n) is 1.49. The molecule has 13 heavy (non-hydrogen) atoms. The molecule has 0 fully saturated rings. The highest BCUT2D eigenvalue weighted by molar-refractivity contribution is 6.37. The Morgan fingerprint density at radius 2 is 2.46 bits per heavy atom. The quantitative estimate of drug-likeness (QED) is 0.460. The van der Waals surface area contributed by atoms with Gasteiger partial charge in [-0.2, -0.15) is 0 Å². The summed E-state index contributed by atoms with van der Waals surface area (Å²) in [6, 6.07) is 0. The highest BCUT2D eigenvalue weighted by atomic mass is 16.5. The van der Waals surface area contributed by atoms with Crippen molar-refractivity contribution in [2.75, 3.05) is 6.61 Å². The number of carbonyl (C=O) groups excluding carboxylic acids is 2. The SMILES string of the molecule is C=CCOC1C(=O)C=CN=C1C=O. The molecule has 0 N–H and O–H groups in total. The minimum atomic E-state index is -0.861. The highest BCUT2D eigenvalue weighted by Gasteiger charge is 2.24. The Labute approximate surface area is 75.6 Å². The Morgan fingerprint density at radius 3 is 3.08 bits per heavy atom. The zero-order valence-electron chi connectivity index (χ0n) is 6.97. The van der Waals surface area contributed by atoms with Crippen LogP contribution in [0.2, 0.25) is 0 Å². The van der Waals surface area contributed by atoms with Gasteiger partial charge in [0.25, 0.3) is 0 Å². The van der Waals surface area contributed by atoms with Crippen molar-refractivity contribution in [2.24, 2.45) is 4.99 Å². The second-order valence-corrected chi connectivity index (χ2v) is 2.39. The fourth-order valence-corrected chi connectivity index (χ4v) is 0.922. The second kappa shape index (κ2) is 4.47. The maximum Gasteiger partial charge on any atom is 0.192 e. The summed E-state index contributed by atoms with van der Waals surface area (Å²) in [4.78, 5) is 25.4. The summed E-state index contributed by atoms with van der Waals surface area (Å²) in [6.45, 7) is 3.66. The molecule has 0 aromatic carbocycles. The topological polar surface area (TPSA) is 55.7 Å². The van der Waals surface area contributed by atoms with Gasteiger partial charge in [-0.05, 0) is 0 Å². The van der Waals surface area contributed by atoms with E-state index in [2.05, 4.69) is 11.6 Å². The first-order valence-electron chi connectivity index (χ1n) is 3.75. The fourth-order valence-electron chi connectivity index (χ4n) is 0.922. The van der Waals surface area contributed by atoms with E-state index in [-0.39, 0.29) is 18.1 Å². The lowest BCUT2D eigenvalue weighted by Crippen LogP contribution is -2.34. The number of aldehydes is 1. The van der Waals surface area contributed by atoms with Gasteiger partial charge in [0.05, 0.1) is 6.61 Å². The van der Waals surface area contributed by atoms with Crippen LogP contribution in [0.1, 0.15) is 0 Å². The smallest absolute Gasteiger partial charge is 0.192 e. The lowest BCUT2D eigenvalue weighted by molar-refractivity contribution is -0.122. The Bertz CT molecular complexity index is 291. The van der Waals surface area contributed by atoms with Gasteiger partial charge >= 0.3 is 0 Å². The van der Waals surface area contributed by atoms with Crippen molar-refractivity contribution in [2.45, 2.75) is 6.10 Å². The zero-order valence-corrected chi connectivity index (χ0v) is 6.97. The predicted molar refractivity (Wildman–Crippen MR) is 47.6 cm³/mol. The van der Waals surface area contributed by atoms with Gasteiger partial charge in [0.1, 0.15) is 5.71 Å². The summed E-state index contributed by atoms with van der Waals surface area (Å²) in [6.07, 6.45) is 3.74. The summed E-state index contributed by atoms with van der Waals surface area (Å²) in [5.74, 6) is -0.265. The van der Waals surface area contributed by atoms with Gasteiger partial charge in [-0.3, -0.25) is 14.6 Å². The molecule has 0 aromatic heterocycles. The van der Waals surface area contributed by atoms with E-state index in [9.17, 15) is 9.59 Å². The molecule has 0 saturated heterocycles. The lowest BCUT2D eigenvalue weighted by Gasteiger charge is -2.14. The summed E-state index contributed by atoms with van der Waals surface area (Å²) in [5.41, 5.74) is 0.106. The molecule has 0 bridgehead atoms. The average molecular weight is 179 g/mol. The third-order valence-corrected chi connectivity index (χ3v) is 1.49. The maximum absolute atomic E-state index is 11.2. The summed E-state index contributed by atoms with van der Waals surface area (Å²) < 4.78 is 5.07. The molecule has 0 saturated carbocycles. The van der Waals surface area contributed by atoms with Crippen LogP contribution >= 0.6 is 0 Å². The maximum atomic E-state index is 11.2. The molecule has 0 amide bonds. The molecule has 4 heteroatoms. The van der Waals surface area contributed by atoms with Crippen molar-refractivity contribution in [3.63, 3.8) is 0 Å². The zero-order chi connectivity index (χ0) is 9.68. The van der Waals surface area contributed by atoms with E-state index in [1.54, 1.807) is 0 Å². The molecule has 1 aliphatic rings. The summed E-state index contributed by atoms with van der Waals surface area (Å²) >= 11 is 0. The number of ether oxygens (including phenoxy) is 1. The molecular formula is C9H9NO3. The van der Waals surface area contributed by atoms with Crippen molar-refractivity contribution in [1.82, 2.24) is 0 Å². The van der Waals surface area contributed by atoms with E-state index in [1.165, 1.54) is 18.4 Å². The Balaban J connectivity index is 2.73. The second-order valence-electron chi connectivity index (χ2n) is 2.39. The van der Waals surface area contributed by atoms with Gasteiger partial charge in [0.2, 0.25) is 0 Å². The van der Waals surface area contributed by atoms with Gasteiger partial charge < -0.3 is 4.74 Å². The predicted octanol–water partition coefficient (Wildman–Crippen LogP) is 0.294. The molecule has 0 spiro atoms. The van der Waals surface area contributed by atoms with Crippen molar-refractivity contribution in [1.29, 1.82) is 0 Å². The number of nitrogens with zero attached hydrogens (tertiary/aromatic N) is 1. The van der Waals surface area contributed by atoms with Crippen LogP contribution in [0.4, 0.5) is 0 Å². The molecule has 0 aliphatic carbocycles. The van der Waals surface area contributed by atoms with Gasteiger partial charge in [0.15, 0.2) is 18.2 Å². The fraction of sp³-hybridized carbons (Fsp3) is 0.222. The van der Waals surface area contributed by atoms with E-state index in [4.69, 9.17) is 4.74 Å². The molecule has 1 heterocycles. The molecule has 0 radical (unpaired) electrons. The Morgan fingerprint density at radius 1 is 1.69 bits per heavy atom. The normalized spacial score (nSPS) is 21.1. The third kappa shape index (κ3) is 2.19. The molecule has 68 valence electrons. The first-order chi connectivity index (χ1) is 6.29. The number of aliphatic imine (C=N–C) groups is 1. The summed E-state index contributed by atoms with van der Waals surface area (Å²) in [5, 5.41) is 0.